The molecule has 90 valence electrons. The second-order valence-electron chi connectivity index (χ2n) is 3.93. The van der Waals surface area contributed by atoms with Crippen LogP contribution in [0.4, 0.5) is 0 Å². The molecule has 0 bridgehead atoms. The van der Waals surface area contributed by atoms with E-state index in [4.69, 9.17) is 16.3 Å². The van der Waals surface area contributed by atoms with E-state index in [0.717, 1.165) is 11.6 Å². The number of methoxy groups -OCH3 is 1. The monoisotopic (exact) mass is 243 g/mol. The fourth-order valence-electron chi connectivity index (χ4n) is 1.57. The molecule has 0 saturated heterocycles. The molecule has 1 rings (SSSR count). The van der Waals surface area contributed by atoms with Crippen molar-refractivity contribution in [2.45, 2.75) is 12.6 Å². The first-order valence-electron chi connectivity index (χ1n) is 5.22. The van der Waals surface area contributed by atoms with E-state index in [0.29, 0.717) is 13.2 Å². The number of aliphatic hydroxyl groups excluding tert-OH is 1. The van der Waals surface area contributed by atoms with E-state index in [1.54, 1.807) is 7.11 Å². The maximum atomic E-state index is 9.55. The summed E-state index contributed by atoms with van der Waals surface area (Å²) in [5, 5.41) is 10.3. The lowest BCUT2D eigenvalue weighted by Gasteiger charge is -2.20. The summed E-state index contributed by atoms with van der Waals surface area (Å²) in [5.74, 6) is 0. The number of likely N-dealkylation sites (N-methyl/N-ethyl adjacent to an activating group) is 1. The molecule has 1 unspecified atom stereocenters. The van der Waals surface area contributed by atoms with Crippen LogP contribution in [-0.2, 0) is 11.3 Å². The Kier molecular flexibility index (Phi) is 5.77. The Morgan fingerprint density at radius 3 is 2.56 bits per heavy atom. The third-order valence-corrected chi connectivity index (χ3v) is 2.50. The molecule has 0 heterocycles. The Bertz CT molecular complexity index is 302. The highest BCUT2D eigenvalue weighted by molar-refractivity contribution is 6.30. The van der Waals surface area contributed by atoms with Gasteiger partial charge in [-0.1, -0.05) is 23.7 Å². The zero-order valence-corrected chi connectivity index (χ0v) is 10.4. The van der Waals surface area contributed by atoms with E-state index in [-0.39, 0.29) is 0 Å². The van der Waals surface area contributed by atoms with Crippen LogP contribution in [0.15, 0.2) is 24.3 Å². The molecule has 3 nitrogen and oxygen atoms in total. The highest BCUT2D eigenvalue weighted by Gasteiger charge is 2.07. The topological polar surface area (TPSA) is 32.7 Å². The fraction of sp³-hybridized carbons (Fsp3) is 0.500. The first kappa shape index (κ1) is 13.5. The molecule has 1 aromatic carbocycles. The summed E-state index contributed by atoms with van der Waals surface area (Å²) in [7, 11) is 3.55. The molecule has 0 radical (unpaired) electrons. The van der Waals surface area contributed by atoms with E-state index in [2.05, 4.69) is 0 Å². The van der Waals surface area contributed by atoms with Crippen molar-refractivity contribution in [3.8, 4) is 0 Å². The van der Waals surface area contributed by atoms with Gasteiger partial charge in [0, 0.05) is 25.2 Å². The first-order chi connectivity index (χ1) is 7.61. The molecule has 1 atom stereocenters. The molecule has 0 aliphatic carbocycles. The lowest BCUT2D eigenvalue weighted by Crippen LogP contribution is -2.31. The normalized spacial score (nSPS) is 13.1. The maximum absolute atomic E-state index is 9.55. The Hall–Kier alpha value is -0.610. The summed E-state index contributed by atoms with van der Waals surface area (Å²) >= 11 is 5.80. The average Bonchev–Trinajstić information content (AvgIpc) is 2.21. The number of aliphatic hydroxyl groups is 1. The quantitative estimate of drug-likeness (QED) is 0.827. The second-order valence-corrected chi connectivity index (χ2v) is 4.37. The standard InChI is InChI=1S/C12H18ClNO2/c1-14(8-12(15)9-16-2)7-10-3-5-11(13)6-4-10/h3-6,12,15H,7-9H2,1-2H3. The lowest BCUT2D eigenvalue weighted by atomic mass is 10.2. The number of nitrogens with zero attached hydrogens (tertiary/aromatic N) is 1. The number of halogens is 1. The van der Waals surface area contributed by atoms with Gasteiger partial charge in [0.05, 0.1) is 12.7 Å². The lowest BCUT2D eigenvalue weighted by molar-refractivity contribution is 0.0419. The molecule has 0 spiro atoms. The summed E-state index contributed by atoms with van der Waals surface area (Å²) in [5.41, 5.74) is 1.18. The maximum Gasteiger partial charge on any atom is 0.0900 e. The van der Waals surface area contributed by atoms with Crippen LogP contribution in [0.25, 0.3) is 0 Å². The minimum atomic E-state index is -0.442. The van der Waals surface area contributed by atoms with Crippen molar-refractivity contribution >= 4 is 11.6 Å². The van der Waals surface area contributed by atoms with E-state index in [1.165, 1.54) is 5.56 Å². The van der Waals surface area contributed by atoms with Crippen molar-refractivity contribution in [3.05, 3.63) is 34.9 Å². The van der Waals surface area contributed by atoms with Crippen LogP contribution in [0.5, 0.6) is 0 Å². The summed E-state index contributed by atoms with van der Waals surface area (Å²) in [6.45, 7) is 1.75. The highest BCUT2D eigenvalue weighted by Crippen LogP contribution is 2.10. The third-order valence-electron chi connectivity index (χ3n) is 2.25. The molecule has 1 N–H and O–H groups in total. The van der Waals surface area contributed by atoms with Gasteiger partial charge in [-0.2, -0.15) is 0 Å². The summed E-state index contributed by atoms with van der Waals surface area (Å²) < 4.78 is 4.88. The molecule has 0 aliphatic heterocycles. The van der Waals surface area contributed by atoms with Gasteiger partial charge >= 0.3 is 0 Å². The summed E-state index contributed by atoms with van der Waals surface area (Å²) in [6.07, 6.45) is -0.442. The molecule has 4 heteroatoms. The summed E-state index contributed by atoms with van der Waals surface area (Å²) in [4.78, 5) is 2.05. The van der Waals surface area contributed by atoms with Crippen molar-refractivity contribution < 1.29 is 9.84 Å². The van der Waals surface area contributed by atoms with Crippen LogP contribution in [0.3, 0.4) is 0 Å². The Balaban J connectivity index is 2.39. The molecule has 1 aromatic rings. The molecule has 0 aliphatic rings. The largest absolute Gasteiger partial charge is 0.389 e. The molecule has 16 heavy (non-hydrogen) atoms. The fourth-order valence-corrected chi connectivity index (χ4v) is 1.70. The van der Waals surface area contributed by atoms with Crippen molar-refractivity contribution in [1.82, 2.24) is 4.90 Å². The number of hydrogen-bond acceptors (Lipinski definition) is 3. The average molecular weight is 244 g/mol. The van der Waals surface area contributed by atoms with Crippen molar-refractivity contribution in [2.24, 2.45) is 0 Å². The first-order valence-corrected chi connectivity index (χ1v) is 5.59. The Labute approximate surface area is 102 Å². The number of benzene rings is 1. The molecular formula is C12H18ClNO2. The van der Waals surface area contributed by atoms with Gasteiger partial charge in [-0.3, -0.25) is 4.90 Å². The van der Waals surface area contributed by atoms with Crippen LogP contribution in [0.2, 0.25) is 5.02 Å². The predicted octanol–water partition coefficient (Wildman–Crippen LogP) is 1.78. The molecule has 0 fully saturated rings. The van der Waals surface area contributed by atoms with Gasteiger partial charge in [0.25, 0.3) is 0 Å². The van der Waals surface area contributed by atoms with Gasteiger partial charge in [-0.25, -0.2) is 0 Å². The van der Waals surface area contributed by atoms with Gasteiger partial charge < -0.3 is 9.84 Å². The number of ether oxygens (including phenoxy) is 1. The predicted molar refractivity (Wildman–Crippen MR) is 65.7 cm³/mol. The second kappa shape index (κ2) is 6.86. The van der Waals surface area contributed by atoms with Gasteiger partial charge in [0.15, 0.2) is 0 Å². The van der Waals surface area contributed by atoms with E-state index < -0.39 is 6.10 Å². The molecule has 0 amide bonds. The zero-order chi connectivity index (χ0) is 12.0. The van der Waals surface area contributed by atoms with Crippen molar-refractivity contribution in [2.75, 3.05) is 27.3 Å². The van der Waals surface area contributed by atoms with E-state index in [9.17, 15) is 5.11 Å². The Morgan fingerprint density at radius 2 is 2.00 bits per heavy atom. The minimum absolute atomic E-state index is 0.366. The SMILES string of the molecule is COCC(O)CN(C)Cc1ccc(Cl)cc1. The minimum Gasteiger partial charge on any atom is -0.389 e. The van der Waals surface area contributed by atoms with Gasteiger partial charge in [0.2, 0.25) is 0 Å². The number of hydrogen-bond donors (Lipinski definition) is 1. The molecule has 0 aromatic heterocycles. The third kappa shape index (κ3) is 4.94. The van der Waals surface area contributed by atoms with Crippen molar-refractivity contribution in [1.29, 1.82) is 0 Å². The van der Waals surface area contributed by atoms with E-state index in [1.807, 2.05) is 36.2 Å². The zero-order valence-electron chi connectivity index (χ0n) is 9.69. The van der Waals surface area contributed by atoms with Crippen LogP contribution in [0.1, 0.15) is 5.56 Å². The van der Waals surface area contributed by atoms with Crippen LogP contribution < -0.4 is 0 Å². The van der Waals surface area contributed by atoms with Crippen LogP contribution in [0, 0.1) is 0 Å². The van der Waals surface area contributed by atoms with Crippen LogP contribution in [-0.4, -0.2) is 43.4 Å². The molecule has 0 saturated carbocycles. The molecular weight excluding hydrogens is 226 g/mol. The highest BCUT2D eigenvalue weighted by atomic mass is 35.5. The summed E-state index contributed by atoms with van der Waals surface area (Å²) in [6, 6.07) is 7.72. The van der Waals surface area contributed by atoms with Crippen molar-refractivity contribution in [3.63, 3.8) is 0 Å². The van der Waals surface area contributed by atoms with E-state index >= 15 is 0 Å². The number of rotatable bonds is 6. The smallest absolute Gasteiger partial charge is 0.0900 e. The van der Waals surface area contributed by atoms with Gasteiger partial charge in [-0.15, -0.1) is 0 Å². The Morgan fingerprint density at radius 1 is 1.38 bits per heavy atom. The van der Waals surface area contributed by atoms with Gasteiger partial charge in [0.1, 0.15) is 0 Å². The van der Waals surface area contributed by atoms with Crippen LogP contribution >= 0.6 is 11.6 Å². The van der Waals surface area contributed by atoms with Gasteiger partial charge in [-0.05, 0) is 24.7 Å².